The number of halogens is 1. The van der Waals surface area contributed by atoms with Gasteiger partial charge in [-0.05, 0) is 45.4 Å². The molecule has 0 bridgehead atoms. The molecule has 0 N–H and O–H groups in total. The molecule has 1 heterocycles. The highest BCUT2D eigenvalue weighted by Crippen LogP contribution is 2.21. The van der Waals surface area contributed by atoms with Gasteiger partial charge in [0, 0.05) is 0 Å². The van der Waals surface area contributed by atoms with E-state index < -0.39 is 11.7 Å². The van der Waals surface area contributed by atoms with Crippen molar-refractivity contribution in [1.29, 1.82) is 0 Å². The number of imidazole rings is 1. The molecule has 21 heavy (non-hydrogen) atoms. The van der Waals surface area contributed by atoms with Crippen LogP contribution in [0.1, 0.15) is 46.0 Å². The van der Waals surface area contributed by atoms with E-state index in [1.165, 1.54) is 4.57 Å². The summed E-state index contributed by atoms with van der Waals surface area (Å²) in [7, 11) is 0. The molecule has 0 unspecified atom stereocenters. The van der Waals surface area contributed by atoms with E-state index in [1.807, 2.05) is 59.7 Å². The zero-order chi connectivity index (χ0) is 16.2. The lowest BCUT2D eigenvalue weighted by molar-refractivity contribution is 0.0540. The van der Waals surface area contributed by atoms with E-state index in [0.29, 0.717) is 5.82 Å². The van der Waals surface area contributed by atoms with Crippen molar-refractivity contribution >= 4 is 28.7 Å². The van der Waals surface area contributed by atoms with Gasteiger partial charge in [-0.15, -0.1) is 11.6 Å². The zero-order valence-electron chi connectivity index (χ0n) is 13.5. The largest absolute Gasteiger partial charge is 0.443 e. The predicted octanol–water partition coefficient (Wildman–Crippen LogP) is 4.89. The van der Waals surface area contributed by atoms with E-state index in [9.17, 15) is 4.79 Å². The zero-order valence-corrected chi connectivity index (χ0v) is 14.3. The first-order valence-electron chi connectivity index (χ1n) is 7.09. The van der Waals surface area contributed by atoms with Crippen molar-refractivity contribution in [3.8, 4) is 0 Å². The second-order valence-electron chi connectivity index (χ2n) is 5.47. The van der Waals surface area contributed by atoms with Gasteiger partial charge in [-0.2, -0.15) is 0 Å². The Morgan fingerprint density at radius 2 is 1.95 bits per heavy atom. The number of benzene rings is 1. The average molecular weight is 311 g/mol. The SMILES string of the molecule is CC.Cc1ccc2c(c1)nc(CCl)n2C(=O)OC(C)(C)C. The molecule has 0 spiro atoms. The lowest BCUT2D eigenvalue weighted by atomic mass is 10.2. The highest BCUT2D eigenvalue weighted by Gasteiger charge is 2.22. The summed E-state index contributed by atoms with van der Waals surface area (Å²) in [5.41, 5.74) is 2.00. The number of carbonyl (C=O) groups excluding carboxylic acids is 1. The molecule has 0 atom stereocenters. The first kappa shape index (κ1) is 17.5. The van der Waals surface area contributed by atoms with Crippen molar-refractivity contribution in [1.82, 2.24) is 9.55 Å². The molecular weight excluding hydrogens is 288 g/mol. The summed E-state index contributed by atoms with van der Waals surface area (Å²) in [6, 6.07) is 5.72. The van der Waals surface area contributed by atoms with Gasteiger partial charge < -0.3 is 4.74 Å². The van der Waals surface area contributed by atoms with Gasteiger partial charge in [0.25, 0.3) is 0 Å². The summed E-state index contributed by atoms with van der Waals surface area (Å²) >= 11 is 5.87. The highest BCUT2D eigenvalue weighted by molar-refractivity contribution is 6.17. The van der Waals surface area contributed by atoms with Crippen molar-refractivity contribution < 1.29 is 9.53 Å². The topological polar surface area (TPSA) is 44.1 Å². The number of ether oxygens (including phenoxy) is 1. The molecular formula is C16H23ClN2O2. The van der Waals surface area contributed by atoms with Crippen LogP contribution in [0.25, 0.3) is 11.0 Å². The Hall–Kier alpha value is -1.55. The molecule has 4 nitrogen and oxygen atoms in total. The van der Waals surface area contributed by atoms with E-state index in [4.69, 9.17) is 16.3 Å². The van der Waals surface area contributed by atoms with Crippen molar-refractivity contribution in [2.75, 3.05) is 0 Å². The molecule has 2 rings (SSSR count). The molecule has 0 fully saturated rings. The fourth-order valence-electron chi connectivity index (χ4n) is 1.84. The van der Waals surface area contributed by atoms with Crippen LogP contribution >= 0.6 is 11.6 Å². The van der Waals surface area contributed by atoms with Crippen molar-refractivity contribution in [2.24, 2.45) is 0 Å². The monoisotopic (exact) mass is 310 g/mol. The van der Waals surface area contributed by atoms with Crippen molar-refractivity contribution in [2.45, 2.75) is 53.0 Å². The molecule has 1 aromatic carbocycles. The minimum absolute atomic E-state index is 0.160. The molecule has 0 aliphatic heterocycles. The maximum Gasteiger partial charge on any atom is 0.420 e. The van der Waals surface area contributed by atoms with Gasteiger partial charge in [-0.1, -0.05) is 19.9 Å². The first-order chi connectivity index (χ1) is 9.81. The molecule has 2 aromatic rings. The number of hydrogen-bond donors (Lipinski definition) is 0. The summed E-state index contributed by atoms with van der Waals surface area (Å²) in [5, 5.41) is 0. The maximum absolute atomic E-state index is 12.2. The van der Waals surface area contributed by atoms with Gasteiger partial charge in [0.15, 0.2) is 0 Å². The van der Waals surface area contributed by atoms with Crippen LogP contribution in [0, 0.1) is 6.92 Å². The predicted molar refractivity (Wildman–Crippen MR) is 87.0 cm³/mol. The van der Waals surface area contributed by atoms with Gasteiger partial charge in [0.1, 0.15) is 11.4 Å². The molecule has 0 amide bonds. The second kappa shape index (κ2) is 6.94. The highest BCUT2D eigenvalue weighted by atomic mass is 35.5. The number of fused-ring (bicyclic) bond motifs is 1. The molecule has 1 aromatic heterocycles. The van der Waals surface area contributed by atoms with Crippen LogP contribution in [0.5, 0.6) is 0 Å². The van der Waals surface area contributed by atoms with Crippen LogP contribution in [-0.2, 0) is 10.6 Å². The van der Waals surface area contributed by atoms with Gasteiger partial charge >= 0.3 is 6.09 Å². The Morgan fingerprint density at radius 3 is 2.48 bits per heavy atom. The van der Waals surface area contributed by atoms with E-state index in [1.54, 1.807) is 0 Å². The molecule has 0 aliphatic carbocycles. The number of aryl methyl sites for hydroxylation is 1. The van der Waals surface area contributed by atoms with Crippen LogP contribution in [0.2, 0.25) is 0 Å². The average Bonchev–Trinajstić information content (AvgIpc) is 2.76. The fraction of sp³-hybridized carbons (Fsp3) is 0.500. The standard InChI is InChI=1S/C14H17ClN2O2.C2H6/c1-9-5-6-11-10(7-9)16-12(8-15)17(11)13(18)19-14(2,3)4;1-2/h5-7H,8H2,1-4H3;1-2H3. The third-order valence-corrected chi connectivity index (χ3v) is 2.81. The minimum atomic E-state index is -0.554. The minimum Gasteiger partial charge on any atom is -0.443 e. The number of hydrogen-bond acceptors (Lipinski definition) is 3. The lowest BCUT2D eigenvalue weighted by Gasteiger charge is -2.20. The van der Waals surface area contributed by atoms with E-state index >= 15 is 0 Å². The van der Waals surface area contributed by atoms with Crippen LogP contribution in [-0.4, -0.2) is 21.2 Å². The van der Waals surface area contributed by atoms with Gasteiger partial charge in [-0.3, -0.25) is 0 Å². The Kier molecular flexibility index (Phi) is 5.78. The number of alkyl halides is 1. The molecule has 0 saturated heterocycles. The fourth-order valence-corrected chi connectivity index (χ4v) is 2.02. The summed E-state index contributed by atoms with van der Waals surface area (Å²) in [5.74, 6) is 0.656. The van der Waals surface area contributed by atoms with Gasteiger partial charge in [-0.25, -0.2) is 14.3 Å². The third kappa shape index (κ3) is 4.21. The Bertz CT molecular complexity index is 627. The Labute approximate surface area is 131 Å². The molecule has 116 valence electrons. The lowest BCUT2D eigenvalue weighted by Crippen LogP contribution is -2.28. The summed E-state index contributed by atoms with van der Waals surface area (Å²) < 4.78 is 6.83. The van der Waals surface area contributed by atoms with Gasteiger partial charge in [0.05, 0.1) is 16.9 Å². The smallest absolute Gasteiger partial charge is 0.420 e. The molecule has 5 heteroatoms. The quantitative estimate of drug-likeness (QED) is 0.704. The second-order valence-corrected chi connectivity index (χ2v) is 5.74. The maximum atomic E-state index is 12.2. The summed E-state index contributed by atoms with van der Waals surface area (Å²) in [6.45, 7) is 11.5. The molecule has 0 aliphatic rings. The van der Waals surface area contributed by atoms with Crippen LogP contribution in [0.4, 0.5) is 4.79 Å². The van der Waals surface area contributed by atoms with Crippen molar-refractivity contribution in [3.05, 3.63) is 29.6 Å². The Morgan fingerprint density at radius 1 is 1.33 bits per heavy atom. The van der Waals surface area contributed by atoms with E-state index in [0.717, 1.165) is 16.6 Å². The van der Waals surface area contributed by atoms with Gasteiger partial charge in [0.2, 0.25) is 0 Å². The number of aromatic nitrogens is 2. The molecule has 0 saturated carbocycles. The Balaban J connectivity index is 0.00000106. The number of nitrogens with zero attached hydrogens (tertiary/aromatic N) is 2. The normalized spacial score (nSPS) is 11.0. The number of carbonyl (C=O) groups is 1. The summed E-state index contributed by atoms with van der Waals surface area (Å²) in [4.78, 5) is 16.6. The first-order valence-corrected chi connectivity index (χ1v) is 7.62. The van der Waals surface area contributed by atoms with E-state index in [2.05, 4.69) is 4.98 Å². The van der Waals surface area contributed by atoms with Crippen molar-refractivity contribution in [3.63, 3.8) is 0 Å². The third-order valence-electron chi connectivity index (χ3n) is 2.58. The summed E-state index contributed by atoms with van der Waals surface area (Å²) in [6.07, 6.45) is -0.450. The van der Waals surface area contributed by atoms with Crippen LogP contribution < -0.4 is 0 Å². The number of rotatable bonds is 1. The molecule has 0 radical (unpaired) electrons. The van der Waals surface area contributed by atoms with Crippen LogP contribution in [0.15, 0.2) is 18.2 Å². The van der Waals surface area contributed by atoms with Crippen LogP contribution in [0.3, 0.4) is 0 Å². The van der Waals surface area contributed by atoms with E-state index in [-0.39, 0.29) is 5.88 Å².